The Bertz CT molecular complexity index is 1310. The second-order valence-electron chi connectivity index (χ2n) is 10.0. The van der Waals surface area contributed by atoms with Crippen LogP contribution in [-0.4, -0.2) is 35.3 Å². The summed E-state index contributed by atoms with van der Waals surface area (Å²) in [7, 11) is -4.18. The van der Waals surface area contributed by atoms with Gasteiger partial charge in [-0.05, 0) is 48.6 Å². The zero-order chi connectivity index (χ0) is 26.0. The molecule has 1 N–H and O–H groups in total. The predicted octanol–water partition coefficient (Wildman–Crippen LogP) is 5.98. The molecule has 2 aliphatic rings. The summed E-state index contributed by atoms with van der Waals surface area (Å²) >= 11 is 0. The summed E-state index contributed by atoms with van der Waals surface area (Å²) in [4.78, 5) is 9.19. The third-order valence-corrected chi connectivity index (χ3v) is 9.39. The molecule has 1 unspecified atom stereocenters. The van der Waals surface area contributed by atoms with Gasteiger partial charge in [0, 0.05) is 31.0 Å². The number of alkyl halides is 3. The second kappa shape index (κ2) is 10.5. The molecule has 1 fully saturated rings. The molecule has 1 saturated carbocycles. The molecule has 198 valence electrons. The lowest BCUT2D eigenvalue weighted by atomic mass is 9.97. The zero-order valence-electron chi connectivity index (χ0n) is 20.5. The monoisotopic (exact) mass is 532 g/mol. The molecule has 1 atom stereocenters. The smallest absolute Gasteiger partial charge is 0.361 e. The van der Waals surface area contributed by atoms with Crippen molar-refractivity contribution in [2.75, 3.05) is 11.4 Å². The van der Waals surface area contributed by atoms with Crippen LogP contribution < -0.4 is 4.90 Å². The van der Waals surface area contributed by atoms with Crippen LogP contribution in [0.25, 0.3) is 0 Å². The van der Waals surface area contributed by atoms with Crippen molar-refractivity contribution in [3.05, 3.63) is 77.9 Å². The lowest BCUT2D eigenvalue weighted by Gasteiger charge is -2.34. The number of imidazole rings is 1. The van der Waals surface area contributed by atoms with E-state index in [1.54, 1.807) is 12.5 Å². The maximum Gasteiger partial charge on any atom is 0.416 e. The largest absolute Gasteiger partial charge is 0.416 e. The fourth-order valence-electron chi connectivity index (χ4n) is 5.62. The van der Waals surface area contributed by atoms with Crippen molar-refractivity contribution >= 4 is 15.7 Å². The average molecular weight is 533 g/mol. The van der Waals surface area contributed by atoms with E-state index in [-0.39, 0.29) is 24.0 Å². The second-order valence-corrected chi connectivity index (χ2v) is 12.0. The number of halogens is 3. The third kappa shape index (κ3) is 5.70. The van der Waals surface area contributed by atoms with Gasteiger partial charge in [0.25, 0.3) is 0 Å². The van der Waals surface area contributed by atoms with E-state index in [9.17, 15) is 21.6 Å². The maximum absolute atomic E-state index is 13.8. The number of H-pyrrole nitrogens is 1. The number of fused-ring (bicyclic) bond motifs is 1. The SMILES string of the molecule is O=S(=O)(c1cccc(C(F)(F)F)c1)N1Cc2ccccc2N(Cc2cnc[nH]2)C(CCC2CCCC2)C1. The molecule has 0 radical (unpaired) electrons. The summed E-state index contributed by atoms with van der Waals surface area (Å²) in [6, 6.07) is 11.6. The summed E-state index contributed by atoms with van der Waals surface area (Å²) in [6.07, 6.45) is 5.38. The van der Waals surface area contributed by atoms with Gasteiger partial charge in [0.05, 0.1) is 29.0 Å². The van der Waals surface area contributed by atoms with E-state index in [0.29, 0.717) is 12.5 Å². The Morgan fingerprint density at radius 3 is 2.54 bits per heavy atom. The highest BCUT2D eigenvalue weighted by Crippen LogP contribution is 2.37. The number of anilines is 1. The van der Waals surface area contributed by atoms with Gasteiger partial charge in [0.2, 0.25) is 10.0 Å². The number of benzene rings is 2. The predicted molar refractivity (Wildman–Crippen MR) is 135 cm³/mol. The van der Waals surface area contributed by atoms with E-state index in [0.717, 1.165) is 48.0 Å². The van der Waals surface area contributed by atoms with Gasteiger partial charge in [-0.15, -0.1) is 0 Å². The van der Waals surface area contributed by atoms with Crippen molar-refractivity contribution in [2.45, 2.75) is 68.7 Å². The Morgan fingerprint density at radius 1 is 1.03 bits per heavy atom. The van der Waals surface area contributed by atoms with Gasteiger partial charge in [0.1, 0.15) is 0 Å². The number of aromatic amines is 1. The molecule has 5 rings (SSSR count). The molecule has 0 saturated heterocycles. The zero-order valence-corrected chi connectivity index (χ0v) is 21.3. The van der Waals surface area contributed by atoms with E-state index >= 15 is 0 Å². The number of hydrogen-bond acceptors (Lipinski definition) is 4. The number of sulfonamides is 1. The molecule has 10 heteroatoms. The van der Waals surface area contributed by atoms with Crippen molar-refractivity contribution in [1.82, 2.24) is 14.3 Å². The Labute approximate surface area is 215 Å². The first-order valence-corrected chi connectivity index (χ1v) is 14.1. The first-order chi connectivity index (χ1) is 17.7. The van der Waals surface area contributed by atoms with Crippen LogP contribution >= 0.6 is 0 Å². The van der Waals surface area contributed by atoms with Crippen LogP contribution in [0, 0.1) is 5.92 Å². The summed E-state index contributed by atoms with van der Waals surface area (Å²) in [5.41, 5.74) is 1.70. The highest BCUT2D eigenvalue weighted by molar-refractivity contribution is 7.89. The lowest BCUT2D eigenvalue weighted by Crippen LogP contribution is -2.43. The highest BCUT2D eigenvalue weighted by Gasteiger charge is 2.37. The number of nitrogens with one attached hydrogen (secondary N) is 1. The third-order valence-electron chi connectivity index (χ3n) is 7.58. The molecule has 1 aliphatic carbocycles. The Morgan fingerprint density at radius 2 is 1.81 bits per heavy atom. The molecule has 6 nitrogen and oxygen atoms in total. The van der Waals surface area contributed by atoms with Gasteiger partial charge >= 0.3 is 6.18 Å². The molecule has 37 heavy (non-hydrogen) atoms. The molecule has 0 bridgehead atoms. The molecule has 1 aromatic heterocycles. The van der Waals surface area contributed by atoms with Gasteiger partial charge in [-0.1, -0.05) is 49.9 Å². The van der Waals surface area contributed by atoms with Crippen LogP contribution in [0.15, 0.2) is 66.0 Å². The number of nitrogens with zero attached hydrogens (tertiary/aromatic N) is 3. The molecular formula is C27H31F3N4O2S. The summed E-state index contributed by atoms with van der Waals surface area (Å²) < 4.78 is 69.1. The minimum absolute atomic E-state index is 0.0914. The summed E-state index contributed by atoms with van der Waals surface area (Å²) in [6.45, 7) is 0.812. The Hall–Kier alpha value is -2.85. The van der Waals surface area contributed by atoms with Gasteiger partial charge < -0.3 is 9.88 Å². The minimum Gasteiger partial charge on any atom is -0.361 e. The summed E-state index contributed by atoms with van der Waals surface area (Å²) in [5, 5.41) is 0. The standard InChI is InChI=1S/C27H31F3N4O2S/c28-27(29,30)22-9-5-10-25(14-22)37(35,36)33-16-21-8-3-4-11-26(21)34(17-23-15-31-19-32-23)24(18-33)13-12-20-6-1-2-7-20/h3-5,8-11,14-15,19-20,24H,1-2,6-7,12-13,16-18H2,(H,31,32). The first kappa shape index (κ1) is 25.8. The fourth-order valence-corrected chi connectivity index (χ4v) is 7.12. The van der Waals surface area contributed by atoms with Gasteiger partial charge in [-0.25, -0.2) is 13.4 Å². The fraction of sp³-hybridized carbons (Fsp3) is 0.444. The molecule has 0 spiro atoms. The van der Waals surface area contributed by atoms with Crippen molar-refractivity contribution in [3.8, 4) is 0 Å². The Balaban J connectivity index is 1.52. The van der Waals surface area contributed by atoms with Crippen molar-refractivity contribution in [2.24, 2.45) is 5.92 Å². The van der Waals surface area contributed by atoms with E-state index in [4.69, 9.17) is 0 Å². The van der Waals surface area contributed by atoms with Crippen LogP contribution in [0.3, 0.4) is 0 Å². The number of para-hydroxylation sites is 1. The van der Waals surface area contributed by atoms with E-state index in [1.807, 2.05) is 24.3 Å². The van der Waals surface area contributed by atoms with Crippen LogP contribution in [-0.2, 0) is 29.3 Å². The van der Waals surface area contributed by atoms with E-state index in [1.165, 1.54) is 36.1 Å². The average Bonchev–Trinajstić information content (AvgIpc) is 3.56. The summed E-state index contributed by atoms with van der Waals surface area (Å²) in [5.74, 6) is 0.626. The number of rotatable bonds is 7. The molecule has 0 amide bonds. The normalized spacial score (nSPS) is 19.6. The maximum atomic E-state index is 13.8. The molecule has 2 heterocycles. The van der Waals surface area contributed by atoms with Crippen molar-refractivity contribution < 1.29 is 21.6 Å². The van der Waals surface area contributed by atoms with Crippen LogP contribution in [0.1, 0.15) is 55.3 Å². The Kier molecular flexibility index (Phi) is 7.31. The number of aromatic nitrogens is 2. The first-order valence-electron chi connectivity index (χ1n) is 12.7. The molecule has 3 aromatic rings. The lowest BCUT2D eigenvalue weighted by molar-refractivity contribution is -0.137. The van der Waals surface area contributed by atoms with Crippen LogP contribution in [0.5, 0.6) is 0 Å². The van der Waals surface area contributed by atoms with Crippen molar-refractivity contribution in [1.29, 1.82) is 0 Å². The van der Waals surface area contributed by atoms with Gasteiger partial charge in [-0.3, -0.25) is 0 Å². The minimum atomic E-state index is -4.62. The topological polar surface area (TPSA) is 69.3 Å². The van der Waals surface area contributed by atoms with E-state index in [2.05, 4.69) is 14.9 Å². The highest BCUT2D eigenvalue weighted by atomic mass is 32.2. The number of hydrogen-bond donors (Lipinski definition) is 1. The van der Waals surface area contributed by atoms with Gasteiger partial charge in [-0.2, -0.15) is 17.5 Å². The van der Waals surface area contributed by atoms with E-state index < -0.39 is 21.8 Å². The molecular weight excluding hydrogens is 501 g/mol. The van der Waals surface area contributed by atoms with Crippen LogP contribution in [0.2, 0.25) is 0 Å². The van der Waals surface area contributed by atoms with Crippen LogP contribution in [0.4, 0.5) is 18.9 Å². The van der Waals surface area contributed by atoms with Crippen molar-refractivity contribution in [3.63, 3.8) is 0 Å². The van der Waals surface area contributed by atoms with Gasteiger partial charge in [0.15, 0.2) is 0 Å². The molecule has 2 aromatic carbocycles. The quantitative estimate of drug-likeness (QED) is 0.407. The molecule has 1 aliphatic heterocycles.